The number of aromatic nitrogens is 3. The van der Waals surface area contributed by atoms with Gasteiger partial charge in [-0.1, -0.05) is 30.3 Å². The van der Waals surface area contributed by atoms with E-state index in [2.05, 4.69) is 46.3 Å². The summed E-state index contributed by atoms with van der Waals surface area (Å²) in [4.78, 5) is 13.0. The second kappa shape index (κ2) is 7.50. The van der Waals surface area contributed by atoms with E-state index in [1.165, 1.54) is 11.3 Å². The van der Waals surface area contributed by atoms with Crippen molar-refractivity contribution in [2.45, 2.75) is 64.3 Å². The number of amides is 1. The van der Waals surface area contributed by atoms with E-state index in [9.17, 15) is 4.79 Å². The van der Waals surface area contributed by atoms with Gasteiger partial charge in [-0.25, -0.2) is 4.68 Å². The number of hydrogen-bond acceptors (Lipinski definition) is 4. The molecule has 0 radical (unpaired) electrons. The standard InChI is InChI=1S/C23H26N4O2/c1-2-15-8-3-5-11-19(15)27-20-12-7-10-18(17(20)14-24-27)25-23(28)22-16-9-4-6-13-21(16)29-26-22/h3,5,8,11,14,18H,2,4,6-7,9-10,12-13H2,1H3,(H,25,28). The summed E-state index contributed by atoms with van der Waals surface area (Å²) in [5.41, 5.74) is 6.19. The van der Waals surface area contributed by atoms with Gasteiger partial charge in [0.15, 0.2) is 5.69 Å². The van der Waals surface area contributed by atoms with Crippen molar-refractivity contribution in [1.82, 2.24) is 20.3 Å². The zero-order valence-electron chi connectivity index (χ0n) is 16.8. The molecule has 2 heterocycles. The third-order valence-electron chi connectivity index (χ3n) is 6.25. The van der Waals surface area contributed by atoms with Gasteiger partial charge >= 0.3 is 0 Å². The lowest BCUT2D eigenvalue weighted by molar-refractivity contribution is 0.0922. The molecule has 0 aliphatic heterocycles. The molecule has 1 amide bonds. The number of nitrogens with zero attached hydrogens (tertiary/aromatic N) is 3. The highest BCUT2D eigenvalue weighted by molar-refractivity contribution is 5.94. The van der Waals surface area contributed by atoms with Crippen LogP contribution >= 0.6 is 0 Å². The van der Waals surface area contributed by atoms with Crippen molar-refractivity contribution in [1.29, 1.82) is 0 Å². The minimum absolute atomic E-state index is 0.0373. The molecule has 1 atom stereocenters. The fraction of sp³-hybridized carbons (Fsp3) is 0.435. The van der Waals surface area contributed by atoms with Crippen LogP contribution in [0.4, 0.5) is 0 Å². The molecule has 6 heteroatoms. The molecule has 1 aromatic carbocycles. The lowest BCUT2D eigenvalue weighted by atomic mass is 9.92. The Hall–Kier alpha value is -2.89. The topological polar surface area (TPSA) is 73.0 Å². The maximum atomic E-state index is 13.0. The Morgan fingerprint density at radius 1 is 1.21 bits per heavy atom. The summed E-state index contributed by atoms with van der Waals surface area (Å²) >= 11 is 0. The first kappa shape index (κ1) is 18.2. The SMILES string of the molecule is CCc1ccccc1-n1ncc2c1CCCC2NC(=O)c1noc2c1CCCC2. The Kier molecular flexibility index (Phi) is 4.70. The molecule has 2 aliphatic rings. The van der Waals surface area contributed by atoms with Gasteiger partial charge in [-0.05, 0) is 56.6 Å². The van der Waals surface area contributed by atoms with Gasteiger partial charge in [0.25, 0.3) is 5.91 Å². The van der Waals surface area contributed by atoms with Gasteiger partial charge in [-0.15, -0.1) is 0 Å². The molecule has 6 nitrogen and oxygen atoms in total. The minimum Gasteiger partial charge on any atom is -0.360 e. The van der Waals surface area contributed by atoms with Gasteiger partial charge in [0.1, 0.15) is 5.76 Å². The number of hydrogen-bond donors (Lipinski definition) is 1. The number of carbonyl (C=O) groups excluding carboxylic acids is 1. The predicted molar refractivity (Wildman–Crippen MR) is 109 cm³/mol. The van der Waals surface area contributed by atoms with E-state index in [4.69, 9.17) is 9.62 Å². The zero-order valence-corrected chi connectivity index (χ0v) is 16.8. The average molecular weight is 390 g/mol. The van der Waals surface area contributed by atoms with Gasteiger partial charge in [0.2, 0.25) is 0 Å². The number of aryl methyl sites for hydroxylation is 2. The molecule has 0 saturated heterocycles. The van der Waals surface area contributed by atoms with Crippen LogP contribution in [0.3, 0.4) is 0 Å². The third-order valence-corrected chi connectivity index (χ3v) is 6.25. The molecule has 0 bridgehead atoms. The average Bonchev–Trinajstić information content (AvgIpc) is 3.39. The molecular formula is C23H26N4O2. The lowest BCUT2D eigenvalue weighted by Gasteiger charge is -2.24. The molecule has 0 saturated carbocycles. The Morgan fingerprint density at radius 3 is 2.97 bits per heavy atom. The number of para-hydroxylation sites is 1. The van der Waals surface area contributed by atoms with Crippen LogP contribution < -0.4 is 5.32 Å². The van der Waals surface area contributed by atoms with E-state index in [0.29, 0.717) is 5.69 Å². The van der Waals surface area contributed by atoms with Crippen molar-refractivity contribution >= 4 is 5.91 Å². The van der Waals surface area contributed by atoms with Crippen LogP contribution in [-0.2, 0) is 25.7 Å². The quantitative estimate of drug-likeness (QED) is 0.728. The Balaban J connectivity index is 1.43. The summed E-state index contributed by atoms with van der Waals surface area (Å²) in [7, 11) is 0. The summed E-state index contributed by atoms with van der Waals surface area (Å²) in [6.07, 6.45) is 9.75. The molecule has 2 aliphatic carbocycles. The maximum absolute atomic E-state index is 13.0. The molecule has 5 rings (SSSR count). The molecule has 3 aromatic rings. The lowest BCUT2D eigenvalue weighted by Crippen LogP contribution is -2.32. The van der Waals surface area contributed by atoms with E-state index in [-0.39, 0.29) is 11.9 Å². The maximum Gasteiger partial charge on any atom is 0.274 e. The smallest absolute Gasteiger partial charge is 0.274 e. The van der Waals surface area contributed by atoms with Gasteiger partial charge in [-0.2, -0.15) is 5.10 Å². The van der Waals surface area contributed by atoms with Crippen molar-refractivity contribution in [3.8, 4) is 5.69 Å². The fourth-order valence-electron chi connectivity index (χ4n) is 4.72. The van der Waals surface area contributed by atoms with E-state index in [0.717, 1.165) is 73.9 Å². The van der Waals surface area contributed by atoms with Gasteiger partial charge in [0.05, 0.1) is 17.9 Å². The molecule has 150 valence electrons. The van der Waals surface area contributed by atoms with Crippen LogP contribution in [0, 0.1) is 0 Å². The molecule has 2 aromatic heterocycles. The van der Waals surface area contributed by atoms with E-state index in [1.54, 1.807) is 0 Å². The first-order valence-electron chi connectivity index (χ1n) is 10.7. The highest BCUT2D eigenvalue weighted by atomic mass is 16.5. The number of fused-ring (bicyclic) bond motifs is 2. The summed E-state index contributed by atoms with van der Waals surface area (Å²) in [5.74, 6) is 0.756. The molecule has 0 fully saturated rings. The van der Waals surface area contributed by atoms with Crippen molar-refractivity contribution < 1.29 is 9.32 Å². The number of carbonyl (C=O) groups is 1. The largest absolute Gasteiger partial charge is 0.360 e. The summed E-state index contributed by atoms with van der Waals surface area (Å²) < 4.78 is 7.49. The Bertz CT molecular complexity index is 1050. The van der Waals surface area contributed by atoms with E-state index < -0.39 is 0 Å². The van der Waals surface area contributed by atoms with Crippen molar-refractivity contribution in [2.75, 3.05) is 0 Å². The number of benzene rings is 1. The number of rotatable bonds is 4. The van der Waals surface area contributed by atoms with Crippen LogP contribution in [-0.4, -0.2) is 20.8 Å². The Labute approximate surface area is 170 Å². The second-order valence-corrected chi connectivity index (χ2v) is 8.00. The zero-order chi connectivity index (χ0) is 19.8. The second-order valence-electron chi connectivity index (χ2n) is 8.00. The molecule has 29 heavy (non-hydrogen) atoms. The highest BCUT2D eigenvalue weighted by Crippen LogP contribution is 2.32. The highest BCUT2D eigenvalue weighted by Gasteiger charge is 2.30. The predicted octanol–water partition coefficient (Wildman–Crippen LogP) is 4.11. The summed E-state index contributed by atoms with van der Waals surface area (Å²) in [6.45, 7) is 2.16. The fourth-order valence-corrected chi connectivity index (χ4v) is 4.72. The normalized spacial score (nSPS) is 18.2. The van der Waals surface area contributed by atoms with Crippen LogP contribution in [0.2, 0.25) is 0 Å². The monoisotopic (exact) mass is 390 g/mol. The minimum atomic E-state index is -0.128. The van der Waals surface area contributed by atoms with Gasteiger partial charge in [0, 0.05) is 23.2 Å². The van der Waals surface area contributed by atoms with Gasteiger partial charge < -0.3 is 9.84 Å². The van der Waals surface area contributed by atoms with Crippen LogP contribution in [0.25, 0.3) is 5.69 Å². The number of nitrogens with one attached hydrogen (secondary N) is 1. The first-order chi connectivity index (χ1) is 14.3. The summed E-state index contributed by atoms with van der Waals surface area (Å²) in [5, 5.41) is 12.0. The molecule has 1 N–H and O–H groups in total. The summed E-state index contributed by atoms with van der Waals surface area (Å²) in [6, 6.07) is 8.36. The molecular weight excluding hydrogens is 364 g/mol. The van der Waals surface area contributed by atoms with Crippen molar-refractivity contribution in [2.24, 2.45) is 0 Å². The van der Waals surface area contributed by atoms with Crippen molar-refractivity contribution in [3.63, 3.8) is 0 Å². The molecule has 0 spiro atoms. The van der Waals surface area contributed by atoms with Crippen LogP contribution in [0.15, 0.2) is 35.0 Å². The van der Waals surface area contributed by atoms with E-state index in [1.807, 2.05) is 6.20 Å². The van der Waals surface area contributed by atoms with Gasteiger partial charge in [-0.3, -0.25) is 4.79 Å². The molecule has 1 unspecified atom stereocenters. The Morgan fingerprint density at radius 2 is 2.07 bits per heavy atom. The first-order valence-corrected chi connectivity index (χ1v) is 10.7. The van der Waals surface area contributed by atoms with Crippen molar-refractivity contribution in [3.05, 3.63) is 64.3 Å². The third kappa shape index (κ3) is 3.16. The van der Waals surface area contributed by atoms with Crippen LogP contribution in [0.5, 0.6) is 0 Å². The van der Waals surface area contributed by atoms with Crippen LogP contribution in [0.1, 0.15) is 77.3 Å². The van der Waals surface area contributed by atoms with E-state index >= 15 is 0 Å².